The van der Waals surface area contributed by atoms with E-state index in [0.717, 1.165) is 13.0 Å². The van der Waals surface area contributed by atoms with Crippen LogP contribution in [0.3, 0.4) is 0 Å². The lowest BCUT2D eigenvalue weighted by molar-refractivity contribution is -0.116. The first-order valence-corrected chi connectivity index (χ1v) is 7.81. The van der Waals surface area contributed by atoms with Crippen LogP contribution in [0.4, 0.5) is 0 Å². The number of likely N-dealkylation sites (tertiary alicyclic amines) is 1. The van der Waals surface area contributed by atoms with Crippen LogP contribution >= 0.6 is 30.1 Å². The summed E-state index contributed by atoms with van der Waals surface area (Å²) in [5.41, 5.74) is 0. The Morgan fingerprint density at radius 2 is 2.46 bits per heavy atom. The van der Waals surface area contributed by atoms with Crippen molar-refractivity contribution in [3.05, 3.63) is 11.0 Å². The van der Waals surface area contributed by atoms with Crippen molar-refractivity contribution in [2.45, 2.75) is 18.9 Å². The highest BCUT2D eigenvalue weighted by Gasteiger charge is 2.38. The van der Waals surface area contributed by atoms with Crippen LogP contribution < -0.4 is 0 Å². The van der Waals surface area contributed by atoms with Gasteiger partial charge in [0.1, 0.15) is 0 Å². The van der Waals surface area contributed by atoms with Gasteiger partial charge in [-0.2, -0.15) is 0 Å². The highest BCUT2D eigenvalue weighted by molar-refractivity contribution is 14.2. The average Bonchev–Trinajstić information content (AvgIpc) is 2.47. The average molecular weight is 309 g/mol. The Morgan fingerprint density at radius 1 is 1.69 bits per heavy atom. The number of hydrogen-bond acceptors (Lipinski definition) is 3. The highest BCUT2D eigenvalue weighted by atomic mass is 127. The summed E-state index contributed by atoms with van der Waals surface area (Å²) in [5.74, 6) is 0.929. The third-order valence-electron chi connectivity index (χ3n) is 2.99. The lowest BCUT2D eigenvalue weighted by atomic mass is 9.90. The number of fused-ring (bicyclic) bond motifs is 1. The Bertz CT molecular complexity index is 266. The molecule has 0 aromatic rings. The minimum Gasteiger partial charge on any atom is -0.302 e. The normalized spacial score (nSPS) is 34.6. The molecule has 0 aromatic carbocycles. The summed E-state index contributed by atoms with van der Waals surface area (Å²) in [7, 11) is 3.84. The van der Waals surface area contributed by atoms with E-state index in [1.54, 1.807) is 8.93 Å². The summed E-state index contributed by atoms with van der Waals surface area (Å²) in [4.78, 5) is 15.0. The second-order valence-electron chi connectivity index (χ2n) is 3.74. The molecule has 2 rings (SSSR count). The van der Waals surface area contributed by atoms with Gasteiger partial charge in [0.25, 0.3) is 0 Å². The molecule has 72 valence electrons. The van der Waals surface area contributed by atoms with Crippen LogP contribution in [0, 0.1) is 5.92 Å². The van der Waals surface area contributed by atoms with Gasteiger partial charge in [0.2, 0.25) is 0 Å². The summed E-state index contributed by atoms with van der Waals surface area (Å²) in [6, 6.07) is 0.481. The molecular formula is C9H12INOS. The van der Waals surface area contributed by atoms with Crippen LogP contribution in [0.2, 0.25) is 0 Å². The molecule has 1 saturated heterocycles. The molecule has 0 amide bonds. The van der Waals surface area contributed by atoms with Gasteiger partial charge in [-0.1, -0.05) is 8.93 Å². The van der Waals surface area contributed by atoms with Crippen LogP contribution in [0.5, 0.6) is 0 Å². The number of hydrogen-bond donors (Lipinski definition) is 0. The molecular weight excluding hydrogens is 297 g/mol. The van der Waals surface area contributed by atoms with Gasteiger partial charge in [-0.15, -0.1) is 0 Å². The Morgan fingerprint density at radius 3 is 3.15 bits per heavy atom. The zero-order valence-electron chi connectivity index (χ0n) is 7.50. The van der Waals surface area contributed by atoms with E-state index in [1.807, 2.05) is 6.08 Å². The van der Waals surface area contributed by atoms with E-state index in [2.05, 4.69) is 33.2 Å². The summed E-state index contributed by atoms with van der Waals surface area (Å²) in [5, 5.41) is 0. The maximum absolute atomic E-state index is 11.4. The van der Waals surface area contributed by atoms with Gasteiger partial charge in [0.05, 0.1) is 0 Å². The van der Waals surface area contributed by atoms with Gasteiger partial charge in [-0.05, 0) is 26.1 Å². The van der Waals surface area contributed by atoms with E-state index < -0.39 is 0 Å². The fourth-order valence-electron chi connectivity index (χ4n) is 2.25. The zero-order chi connectivity index (χ0) is 9.42. The minimum atomic E-state index is 0.300. The number of halogens is 1. The smallest absolute Gasteiger partial charge is 0.158 e. The number of carbonyl (C=O) groups excluding carboxylic acids is 1. The number of nitrogens with zero attached hydrogens (tertiary/aromatic N) is 1. The van der Waals surface area contributed by atoms with E-state index in [9.17, 15) is 4.79 Å². The molecule has 1 fully saturated rings. The fraction of sp³-hybridized carbons (Fsp3) is 0.667. The molecule has 0 aromatic heterocycles. The Labute approximate surface area is 94.7 Å². The quantitative estimate of drug-likeness (QED) is 0.693. The van der Waals surface area contributed by atoms with Crippen LogP contribution in [0.15, 0.2) is 11.0 Å². The number of allylic oxidation sites excluding steroid dienone is 1. The third-order valence-corrected chi connectivity index (χ3v) is 5.12. The predicted molar refractivity (Wildman–Crippen MR) is 63.8 cm³/mol. The molecule has 13 heavy (non-hydrogen) atoms. The number of ketones is 1. The standard InChI is InChI=1S/C9H12INOS/c1-11-3-2-7-8(11)4-6(12)5-9(7)13-10/h5,7-8H,2-4H2,1H3. The maximum Gasteiger partial charge on any atom is 0.158 e. The molecule has 1 aliphatic heterocycles. The molecule has 2 aliphatic rings. The van der Waals surface area contributed by atoms with Crippen molar-refractivity contribution in [2.24, 2.45) is 5.92 Å². The van der Waals surface area contributed by atoms with Crippen LogP contribution in [-0.4, -0.2) is 30.3 Å². The van der Waals surface area contributed by atoms with E-state index in [0.29, 0.717) is 17.7 Å². The van der Waals surface area contributed by atoms with Crippen molar-refractivity contribution in [3.8, 4) is 0 Å². The molecule has 1 aliphatic carbocycles. The predicted octanol–water partition coefficient (Wildman–Crippen LogP) is 2.25. The SMILES string of the molecule is CN1CCC2C(SI)=CC(=O)CC21. The lowest BCUT2D eigenvalue weighted by Gasteiger charge is -2.28. The molecule has 0 spiro atoms. The summed E-state index contributed by atoms with van der Waals surface area (Å²) < 4.78 is 0. The molecule has 0 saturated carbocycles. The monoisotopic (exact) mass is 309 g/mol. The summed E-state index contributed by atoms with van der Waals surface area (Å²) in [6.45, 7) is 1.14. The zero-order valence-corrected chi connectivity index (χ0v) is 10.5. The van der Waals surface area contributed by atoms with E-state index in [-0.39, 0.29) is 0 Å². The van der Waals surface area contributed by atoms with Crippen molar-refractivity contribution < 1.29 is 4.79 Å². The third kappa shape index (κ3) is 1.80. The fourth-order valence-corrected chi connectivity index (χ4v) is 4.17. The van der Waals surface area contributed by atoms with Gasteiger partial charge in [0, 0.05) is 44.5 Å². The Kier molecular flexibility index (Phi) is 3.00. The second-order valence-corrected chi connectivity index (χ2v) is 5.68. The topological polar surface area (TPSA) is 20.3 Å². The highest BCUT2D eigenvalue weighted by Crippen LogP contribution is 2.42. The number of rotatable bonds is 1. The number of carbonyl (C=O) groups is 1. The van der Waals surface area contributed by atoms with Gasteiger partial charge in [-0.3, -0.25) is 4.79 Å². The summed E-state index contributed by atoms with van der Waals surface area (Å²) in [6.07, 6.45) is 3.79. The van der Waals surface area contributed by atoms with Gasteiger partial charge < -0.3 is 4.90 Å². The first-order chi connectivity index (χ1) is 6.22. The first-order valence-electron chi connectivity index (χ1n) is 4.45. The molecule has 2 unspecified atom stereocenters. The van der Waals surface area contributed by atoms with Crippen molar-refractivity contribution in [1.82, 2.24) is 4.90 Å². The van der Waals surface area contributed by atoms with Crippen molar-refractivity contribution >= 4 is 35.9 Å². The Hall–Kier alpha value is 0.450. The van der Waals surface area contributed by atoms with Crippen LogP contribution in [0.25, 0.3) is 0 Å². The van der Waals surface area contributed by atoms with Gasteiger partial charge in [0.15, 0.2) is 5.78 Å². The first kappa shape index (κ1) is 9.98. The van der Waals surface area contributed by atoms with Crippen LogP contribution in [0.1, 0.15) is 12.8 Å². The Balaban J connectivity index is 2.25. The molecule has 0 radical (unpaired) electrons. The molecule has 0 bridgehead atoms. The largest absolute Gasteiger partial charge is 0.302 e. The van der Waals surface area contributed by atoms with Crippen molar-refractivity contribution in [1.29, 1.82) is 0 Å². The second kappa shape index (κ2) is 3.90. The van der Waals surface area contributed by atoms with E-state index in [1.165, 1.54) is 11.3 Å². The van der Waals surface area contributed by atoms with Crippen LogP contribution in [-0.2, 0) is 4.79 Å². The molecule has 2 atom stereocenters. The van der Waals surface area contributed by atoms with Crippen molar-refractivity contribution in [3.63, 3.8) is 0 Å². The lowest BCUT2D eigenvalue weighted by Crippen LogP contribution is -2.34. The van der Waals surface area contributed by atoms with Gasteiger partial charge >= 0.3 is 0 Å². The molecule has 1 heterocycles. The molecule has 0 N–H and O–H groups in total. The van der Waals surface area contributed by atoms with Gasteiger partial charge in [-0.25, -0.2) is 0 Å². The van der Waals surface area contributed by atoms with Crippen molar-refractivity contribution in [2.75, 3.05) is 13.6 Å². The summed E-state index contributed by atoms with van der Waals surface area (Å²) >= 11 is 2.28. The van der Waals surface area contributed by atoms with E-state index >= 15 is 0 Å². The molecule has 4 heteroatoms. The van der Waals surface area contributed by atoms with E-state index in [4.69, 9.17) is 0 Å². The minimum absolute atomic E-state index is 0.300. The maximum atomic E-state index is 11.4. The molecule has 2 nitrogen and oxygen atoms in total.